The summed E-state index contributed by atoms with van der Waals surface area (Å²) >= 11 is 0. The van der Waals surface area contributed by atoms with Gasteiger partial charge in [0.05, 0.1) is 18.5 Å². The lowest BCUT2D eigenvalue weighted by Crippen LogP contribution is -2.23. The minimum atomic E-state index is -4.96. The third-order valence-electron chi connectivity index (χ3n) is 2.80. The van der Waals surface area contributed by atoms with Crippen LogP contribution < -0.4 is 0 Å². The molecule has 0 amide bonds. The molecule has 0 saturated carbocycles. The van der Waals surface area contributed by atoms with Gasteiger partial charge >= 0.3 is 6.18 Å². The summed E-state index contributed by atoms with van der Waals surface area (Å²) in [6, 6.07) is 7.01. The Morgan fingerprint density at radius 1 is 1.33 bits per heavy atom. The molecule has 1 aromatic carbocycles. The van der Waals surface area contributed by atoms with Crippen LogP contribution in [0.5, 0.6) is 0 Å². The van der Waals surface area contributed by atoms with Gasteiger partial charge in [-0.15, -0.1) is 5.10 Å². The first-order valence-corrected chi connectivity index (χ1v) is 6.04. The van der Waals surface area contributed by atoms with E-state index in [0.717, 1.165) is 16.4 Å². The van der Waals surface area contributed by atoms with Gasteiger partial charge in [-0.05, 0) is 18.1 Å². The molecule has 0 aliphatic carbocycles. The number of methoxy groups -OCH3 is 1. The third kappa shape index (κ3) is 3.46. The molecule has 0 fully saturated rings. The molecule has 1 heterocycles. The van der Waals surface area contributed by atoms with Crippen molar-refractivity contribution < 1.29 is 22.7 Å². The second-order valence-electron chi connectivity index (χ2n) is 4.25. The predicted octanol–water partition coefficient (Wildman–Crippen LogP) is 2.20. The molecular weight excluding hydrogens is 287 g/mol. The number of nitrogens with zero attached hydrogens (tertiary/aromatic N) is 3. The van der Waals surface area contributed by atoms with Crippen LogP contribution in [0, 0.1) is 0 Å². The Morgan fingerprint density at radius 3 is 2.71 bits per heavy atom. The SMILES string of the molecule is COCCc1ccccc1-n1cc(C(=O)C(F)(F)F)nn1. The molecule has 112 valence electrons. The largest absolute Gasteiger partial charge is 0.456 e. The number of carbonyl (C=O) groups excluding carboxylic acids is 1. The van der Waals surface area contributed by atoms with Crippen molar-refractivity contribution in [3.05, 3.63) is 41.7 Å². The smallest absolute Gasteiger partial charge is 0.384 e. The molecule has 1 aromatic heterocycles. The molecule has 21 heavy (non-hydrogen) atoms. The summed E-state index contributed by atoms with van der Waals surface area (Å²) in [6.07, 6.45) is -3.42. The molecule has 0 aliphatic rings. The Labute approximate surface area is 118 Å². The van der Waals surface area contributed by atoms with Crippen LogP contribution in [0.25, 0.3) is 5.69 Å². The van der Waals surface area contributed by atoms with Gasteiger partial charge in [0.2, 0.25) is 0 Å². The molecule has 0 aliphatic heterocycles. The Bertz CT molecular complexity index is 638. The number of Topliss-reactive ketones (excluding diaryl/α,β-unsaturated/α-hetero) is 1. The first-order chi connectivity index (χ1) is 9.93. The summed E-state index contributed by atoms with van der Waals surface area (Å²) in [6.45, 7) is 0.458. The Hall–Kier alpha value is -2.22. The topological polar surface area (TPSA) is 57.0 Å². The number of halogens is 3. The summed E-state index contributed by atoms with van der Waals surface area (Å²) in [7, 11) is 1.55. The highest BCUT2D eigenvalue weighted by Gasteiger charge is 2.41. The van der Waals surface area contributed by atoms with Crippen molar-refractivity contribution in [2.45, 2.75) is 12.6 Å². The lowest BCUT2D eigenvalue weighted by molar-refractivity contribution is -0.0888. The number of ketones is 1. The maximum absolute atomic E-state index is 12.3. The summed E-state index contributed by atoms with van der Waals surface area (Å²) in [5.41, 5.74) is 0.655. The molecule has 0 radical (unpaired) electrons. The van der Waals surface area contributed by atoms with Crippen molar-refractivity contribution in [1.82, 2.24) is 15.0 Å². The van der Waals surface area contributed by atoms with Crippen LogP contribution in [0.15, 0.2) is 30.5 Å². The van der Waals surface area contributed by atoms with Gasteiger partial charge in [0, 0.05) is 7.11 Å². The van der Waals surface area contributed by atoms with Crippen molar-refractivity contribution in [3.8, 4) is 5.69 Å². The zero-order chi connectivity index (χ0) is 15.5. The molecule has 5 nitrogen and oxygen atoms in total. The van der Waals surface area contributed by atoms with E-state index in [4.69, 9.17) is 4.74 Å². The van der Waals surface area contributed by atoms with Crippen molar-refractivity contribution >= 4 is 5.78 Å². The standard InChI is InChI=1S/C13H12F3N3O2/c1-21-7-6-9-4-2-3-5-11(9)19-8-10(17-18-19)12(20)13(14,15)16/h2-5,8H,6-7H2,1H3. The van der Waals surface area contributed by atoms with E-state index in [1.54, 1.807) is 31.4 Å². The number of benzene rings is 1. The second kappa shape index (κ2) is 6.04. The lowest BCUT2D eigenvalue weighted by atomic mass is 10.1. The van der Waals surface area contributed by atoms with E-state index >= 15 is 0 Å². The van der Waals surface area contributed by atoms with Crippen LogP contribution in [0.1, 0.15) is 16.1 Å². The first-order valence-electron chi connectivity index (χ1n) is 6.04. The minimum Gasteiger partial charge on any atom is -0.384 e. The Morgan fingerprint density at radius 2 is 2.05 bits per heavy atom. The van der Waals surface area contributed by atoms with Gasteiger partial charge in [-0.1, -0.05) is 23.4 Å². The average molecular weight is 299 g/mol. The highest BCUT2D eigenvalue weighted by atomic mass is 19.4. The van der Waals surface area contributed by atoms with E-state index in [2.05, 4.69) is 10.3 Å². The van der Waals surface area contributed by atoms with Crippen LogP contribution in [0.2, 0.25) is 0 Å². The fraction of sp³-hybridized carbons (Fsp3) is 0.308. The van der Waals surface area contributed by atoms with Crippen molar-refractivity contribution in [2.24, 2.45) is 0 Å². The van der Waals surface area contributed by atoms with E-state index in [1.807, 2.05) is 0 Å². The minimum absolute atomic E-state index is 0.458. The van der Waals surface area contributed by atoms with Crippen LogP contribution in [-0.2, 0) is 11.2 Å². The molecule has 2 rings (SSSR count). The Kier molecular flexibility index (Phi) is 4.37. The van der Waals surface area contributed by atoms with Gasteiger partial charge in [0.1, 0.15) is 0 Å². The fourth-order valence-corrected chi connectivity index (χ4v) is 1.79. The van der Waals surface area contributed by atoms with Gasteiger partial charge in [0.25, 0.3) is 5.78 Å². The van der Waals surface area contributed by atoms with Gasteiger partial charge in [-0.3, -0.25) is 4.79 Å². The number of hydrogen-bond donors (Lipinski definition) is 0. The molecule has 0 N–H and O–H groups in total. The monoisotopic (exact) mass is 299 g/mol. The van der Waals surface area contributed by atoms with E-state index in [9.17, 15) is 18.0 Å². The molecule has 0 atom stereocenters. The summed E-state index contributed by atoms with van der Waals surface area (Å²) in [4.78, 5) is 11.1. The summed E-state index contributed by atoms with van der Waals surface area (Å²) in [5, 5.41) is 6.89. The van der Waals surface area contributed by atoms with Gasteiger partial charge in [0.15, 0.2) is 5.69 Å². The number of carbonyl (C=O) groups is 1. The predicted molar refractivity (Wildman–Crippen MR) is 67.3 cm³/mol. The maximum Gasteiger partial charge on any atom is 0.456 e. The molecule has 2 aromatic rings. The van der Waals surface area contributed by atoms with E-state index in [-0.39, 0.29) is 0 Å². The number of aromatic nitrogens is 3. The van der Waals surface area contributed by atoms with Crippen molar-refractivity contribution in [2.75, 3.05) is 13.7 Å². The number of alkyl halides is 3. The molecule has 0 unspecified atom stereocenters. The molecule has 0 saturated heterocycles. The fourth-order valence-electron chi connectivity index (χ4n) is 1.79. The van der Waals surface area contributed by atoms with Crippen LogP contribution in [0.4, 0.5) is 13.2 Å². The molecule has 0 spiro atoms. The van der Waals surface area contributed by atoms with Crippen molar-refractivity contribution in [3.63, 3.8) is 0 Å². The number of rotatable bonds is 5. The van der Waals surface area contributed by atoms with Gasteiger partial charge in [-0.25, -0.2) is 4.68 Å². The van der Waals surface area contributed by atoms with Crippen LogP contribution >= 0.6 is 0 Å². The normalized spacial score (nSPS) is 11.6. The molecule has 0 bridgehead atoms. The van der Waals surface area contributed by atoms with Crippen LogP contribution in [-0.4, -0.2) is 40.7 Å². The number of para-hydroxylation sites is 1. The molecular formula is C13H12F3N3O2. The third-order valence-corrected chi connectivity index (χ3v) is 2.80. The van der Waals surface area contributed by atoms with Gasteiger partial charge in [-0.2, -0.15) is 13.2 Å². The van der Waals surface area contributed by atoms with Crippen LogP contribution in [0.3, 0.4) is 0 Å². The average Bonchev–Trinajstić information content (AvgIpc) is 2.93. The first kappa shape index (κ1) is 15.2. The maximum atomic E-state index is 12.3. The highest BCUT2D eigenvalue weighted by molar-refractivity contribution is 5.98. The zero-order valence-corrected chi connectivity index (χ0v) is 11.1. The molecule has 8 heteroatoms. The lowest BCUT2D eigenvalue weighted by Gasteiger charge is -2.08. The summed E-state index contributed by atoms with van der Waals surface area (Å²) in [5.74, 6) is -2.01. The van der Waals surface area contributed by atoms with E-state index in [1.165, 1.54) is 0 Å². The van der Waals surface area contributed by atoms with Crippen molar-refractivity contribution in [1.29, 1.82) is 0 Å². The number of hydrogen-bond acceptors (Lipinski definition) is 4. The highest BCUT2D eigenvalue weighted by Crippen LogP contribution is 2.21. The second-order valence-corrected chi connectivity index (χ2v) is 4.25. The van der Waals surface area contributed by atoms with E-state index < -0.39 is 17.7 Å². The van der Waals surface area contributed by atoms with Gasteiger partial charge < -0.3 is 4.74 Å². The Balaban J connectivity index is 2.32. The quantitative estimate of drug-likeness (QED) is 0.794. The summed E-state index contributed by atoms with van der Waals surface area (Å²) < 4.78 is 43.2. The van der Waals surface area contributed by atoms with E-state index in [0.29, 0.717) is 18.7 Å². The zero-order valence-electron chi connectivity index (χ0n) is 11.1. The number of ether oxygens (including phenoxy) is 1.